The second-order valence-corrected chi connectivity index (χ2v) is 5.00. The summed E-state index contributed by atoms with van der Waals surface area (Å²) in [6.07, 6.45) is 2.18. The number of hydrogen-bond acceptors (Lipinski definition) is 2. The van der Waals surface area contributed by atoms with Crippen LogP contribution in [0.15, 0.2) is 22.7 Å². The zero-order valence-electron chi connectivity index (χ0n) is 9.03. The summed E-state index contributed by atoms with van der Waals surface area (Å²) in [6, 6.07) is 5.17. The first-order valence-electron chi connectivity index (χ1n) is 5.41. The van der Waals surface area contributed by atoms with Crippen molar-refractivity contribution in [1.29, 1.82) is 0 Å². The smallest absolute Gasteiger partial charge is 0.251 e. The van der Waals surface area contributed by atoms with Crippen LogP contribution in [0.25, 0.3) is 0 Å². The van der Waals surface area contributed by atoms with Crippen LogP contribution in [-0.2, 0) is 0 Å². The van der Waals surface area contributed by atoms with Gasteiger partial charge in [0.1, 0.15) is 5.75 Å². The van der Waals surface area contributed by atoms with E-state index in [1.165, 1.54) is 6.07 Å². The Bertz CT molecular complexity index is 419. The van der Waals surface area contributed by atoms with Crippen molar-refractivity contribution in [2.45, 2.75) is 25.8 Å². The highest BCUT2D eigenvalue weighted by atomic mass is 79.9. The standard InChI is InChI=1S/C12H14BrNO2/c1-2-7-5-10(7)14-12(16)8-3-4-9(13)11(15)6-8/h3-4,6-7,10,15H,2,5H2,1H3,(H,14,16). The zero-order valence-corrected chi connectivity index (χ0v) is 10.6. The molecule has 1 saturated carbocycles. The van der Waals surface area contributed by atoms with Gasteiger partial charge in [-0.05, 0) is 46.5 Å². The Morgan fingerprint density at radius 1 is 1.62 bits per heavy atom. The number of carbonyl (C=O) groups excluding carboxylic acids is 1. The van der Waals surface area contributed by atoms with E-state index in [9.17, 15) is 9.90 Å². The summed E-state index contributed by atoms with van der Waals surface area (Å²) in [7, 11) is 0. The molecule has 1 aliphatic carbocycles. The van der Waals surface area contributed by atoms with Crippen molar-refractivity contribution in [1.82, 2.24) is 5.32 Å². The van der Waals surface area contributed by atoms with Crippen molar-refractivity contribution < 1.29 is 9.90 Å². The number of amides is 1. The fourth-order valence-electron chi connectivity index (χ4n) is 1.78. The van der Waals surface area contributed by atoms with Crippen molar-refractivity contribution >= 4 is 21.8 Å². The Kier molecular flexibility index (Phi) is 3.19. The number of hydrogen-bond donors (Lipinski definition) is 2. The molecule has 1 amide bonds. The van der Waals surface area contributed by atoms with Gasteiger partial charge in [-0.15, -0.1) is 0 Å². The van der Waals surface area contributed by atoms with Crippen LogP contribution in [0.1, 0.15) is 30.1 Å². The van der Waals surface area contributed by atoms with Crippen LogP contribution in [0.2, 0.25) is 0 Å². The molecular weight excluding hydrogens is 270 g/mol. The molecule has 0 bridgehead atoms. The van der Waals surface area contributed by atoms with Crippen LogP contribution in [0, 0.1) is 5.92 Å². The lowest BCUT2D eigenvalue weighted by Crippen LogP contribution is -2.26. The highest BCUT2D eigenvalue weighted by Gasteiger charge is 2.36. The number of nitrogens with one attached hydrogen (secondary N) is 1. The van der Waals surface area contributed by atoms with Crippen LogP contribution in [0.5, 0.6) is 5.75 Å². The van der Waals surface area contributed by atoms with Crippen LogP contribution in [0.3, 0.4) is 0 Å². The minimum Gasteiger partial charge on any atom is -0.507 e. The van der Waals surface area contributed by atoms with E-state index >= 15 is 0 Å². The Hall–Kier alpha value is -1.03. The first-order chi connectivity index (χ1) is 7.61. The second-order valence-electron chi connectivity index (χ2n) is 4.15. The lowest BCUT2D eigenvalue weighted by Gasteiger charge is -2.05. The van der Waals surface area contributed by atoms with Crippen molar-refractivity contribution in [2.24, 2.45) is 5.92 Å². The fraction of sp³-hybridized carbons (Fsp3) is 0.417. The number of carbonyl (C=O) groups is 1. The largest absolute Gasteiger partial charge is 0.507 e. The molecule has 2 atom stereocenters. The van der Waals surface area contributed by atoms with Gasteiger partial charge in [0.05, 0.1) is 4.47 Å². The van der Waals surface area contributed by atoms with Crippen LogP contribution < -0.4 is 5.32 Å². The molecule has 2 N–H and O–H groups in total. The molecule has 1 fully saturated rings. The minimum absolute atomic E-state index is 0.0930. The van der Waals surface area contributed by atoms with Crippen molar-refractivity contribution in [3.8, 4) is 5.75 Å². The van der Waals surface area contributed by atoms with E-state index in [1.807, 2.05) is 0 Å². The lowest BCUT2D eigenvalue weighted by molar-refractivity contribution is 0.0948. The Morgan fingerprint density at radius 2 is 2.38 bits per heavy atom. The molecular formula is C12H14BrNO2. The quantitative estimate of drug-likeness (QED) is 0.896. The first kappa shape index (κ1) is 11.5. The summed E-state index contributed by atoms with van der Waals surface area (Å²) >= 11 is 3.18. The molecule has 0 spiro atoms. The molecule has 0 heterocycles. The minimum atomic E-state index is -0.108. The third-order valence-corrected chi connectivity index (χ3v) is 3.64. The molecule has 2 unspecified atom stereocenters. The van der Waals surface area contributed by atoms with Crippen LogP contribution in [0.4, 0.5) is 0 Å². The van der Waals surface area contributed by atoms with Gasteiger partial charge in [-0.2, -0.15) is 0 Å². The molecule has 0 aromatic heterocycles. The third kappa shape index (κ3) is 2.38. The predicted molar refractivity (Wildman–Crippen MR) is 65.5 cm³/mol. The molecule has 2 rings (SSSR count). The molecule has 3 nitrogen and oxygen atoms in total. The van der Waals surface area contributed by atoms with Crippen molar-refractivity contribution in [2.75, 3.05) is 0 Å². The topological polar surface area (TPSA) is 49.3 Å². The van der Waals surface area contributed by atoms with E-state index in [1.54, 1.807) is 12.1 Å². The third-order valence-electron chi connectivity index (χ3n) is 2.97. The van der Waals surface area contributed by atoms with Gasteiger partial charge in [-0.1, -0.05) is 13.3 Å². The Labute approximate surface area is 103 Å². The zero-order chi connectivity index (χ0) is 11.7. The SMILES string of the molecule is CCC1CC1NC(=O)c1ccc(Br)c(O)c1. The highest BCUT2D eigenvalue weighted by Crippen LogP contribution is 2.33. The monoisotopic (exact) mass is 283 g/mol. The Morgan fingerprint density at radius 3 is 2.94 bits per heavy atom. The number of phenolic OH excluding ortho intramolecular Hbond substituents is 1. The van der Waals surface area contributed by atoms with Gasteiger partial charge < -0.3 is 10.4 Å². The van der Waals surface area contributed by atoms with E-state index in [4.69, 9.17) is 0 Å². The summed E-state index contributed by atoms with van der Waals surface area (Å²) < 4.78 is 0.599. The number of benzene rings is 1. The number of rotatable bonds is 3. The molecule has 0 aliphatic heterocycles. The average molecular weight is 284 g/mol. The van der Waals surface area contributed by atoms with E-state index < -0.39 is 0 Å². The molecule has 0 saturated heterocycles. The molecule has 0 radical (unpaired) electrons. The van der Waals surface area contributed by atoms with Gasteiger partial charge in [-0.3, -0.25) is 4.79 Å². The van der Waals surface area contributed by atoms with Crippen molar-refractivity contribution in [3.63, 3.8) is 0 Å². The molecule has 16 heavy (non-hydrogen) atoms. The van der Waals surface area contributed by atoms with Crippen molar-refractivity contribution in [3.05, 3.63) is 28.2 Å². The number of halogens is 1. The Balaban J connectivity index is 2.01. The van der Waals surface area contributed by atoms with E-state index in [-0.39, 0.29) is 11.7 Å². The first-order valence-corrected chi connectivity index (χ1v) is 6.20. The summed E-state index contributed by atoms with van der Waals surface area (Å²) in [5, 5.41) is 12.4. The lowest BCUT2D eigenvalue weighted by atomic mass is 10.2. The number of phenols is 1. The second kappa shape index (κ2) is 4.45. The van der Waals surface area contributed by atoms with Crippen LogP contribution >= 0.6 is 15.9 Å². The summed E-state index contributed by atoms with van der Waals surface area (Å²) in [6.45, 7) is 2.13. The molecule has 86 valence electrons. The van der Waals surface area contributed by atoms with Gasteiger partial charge >= 0.3 is 0 Å². The van der Waals surface area contributed by atoms with Crippen LogP contribution in [-0.4, -0.2) is 17.1 Å². The van der Waals surface area contributed by atoms with Gasteiger partial charge in [-0.25, -0.2) is 0 Å². The molecule has 4 heteroatoms. The van der Waals surface area contributed by atoms with Gasteiger partial charge in [0.25, 0.3) is 5.91 Å². The maximum Gasteiger partial charge on any atom is 0.251 e. The van der Waals surface area contributed by atoms with E-state index in [2.05, 4.69) is 28.2 Å². The molecule has 1 aliphatic rings. The maximum atomic E-state index is 11.8. The normalized spacial score (nSPS) is 22.9. The van der Waals surface area contributed by atoms with Gasteiger partial charge in [0.15, 0.2) is 0 Å². The predicted octanol–water partition coefficient (Wildman–Crippen LogP) is 2.68. The van der Waals surface area contributed by atoms with E-state index in [0.717, 1.165) is 12.8 Å². The average Bonchev–Trinajstić information content (AvgIpc) is 3.00. The summed E-state index contributed by atoms with van der Waals surface area (Å²) in [5.74, 6) is 0.618. The van der Waals surface area contributed by atoms with Gasteiger partial charge in [0, 0.05) is 11.6 Å². The fourth-order valence-corrected chi connectivity index (χ4v) is 2.03. The van der Waals surface area contributed by atoms with Gasteiger partial charge in [0.2, 0.25) is 0 Å². The molecule has 1 aromatic carbocycles. The summed E-state index contributed by atoms with van der Waals surface area (Å²) in [5.41, 5.74) is 0.502. The maximum absolute atomic E-state index is 11.8. The highest BCUT2D eigenvalue weighted by molar-refractivity contribution is 9.10. The van der Waals surface area contributed by atoms with E-state index in [0.29, 0.717) is 22.0 Å². The number of aromatic hydroxyl groups is 1. The molecule has 1 aromatic rings. The summed E-state index contributed by atoms with van der Waals surface area (Å²) in [4.78, 5) is 11.8.